The summed E-state index contributed by atoms with van der Waals surface area (Å²) in [4.78, 5) is 16.0. The van der Waals surface area contributed by atoms with Gasteiger partial charge in [0.15, 0.2) is 0 Å². The van der Waals surface area contributed by atoms with Crippen molar-refractivity contribution in [3.8, 4) is 0 Å². The Bertz CT molecular complexity index is 209. The van der Waals surface area contributed by atoms with E-state index in [1.807, 2.05) is 11.9 Å². The molecule has 1 rings (SSSR count). The van der Waals surface area contributed by atoms with E-state index in [1.165, 1.54) is 0 Å². The van der Waals surface area contributed by atoms with Crippen LogP contribution < -0.4 is 5.32 Å². The number of nitrogens with zero attached hydrogens (tertiary/aromatic N) is 2. The molecule has 5 heteroatoms. The fourth-order valence-electron chi connectivity index (χ4n) is 2.27. The van der Waals surface area contributed by atoms with Crippen molar-refractivity contribution < 1.29 is 4.79 Å². The zero-order chi connectivity index (χ0) is 11.3. The van der Waals surface area contributed by atoms with Crippen LogP contribution in [-0.4, -0.2) is 61.5 Å². The van der Waals surface area contributed by atoms with Crippen molar-refractivity contribution in [3.63, 3.8) is 0 Å². The van der Waals surface area contributed by atoms with Crippen LogP contribution in [0.25, 0.3) is 0 Å². The molecule has 1 N–H and O–H groups in total. The van der Waals surface area contributed by atoms with E-state index in [9.17, 15) is 4.79 Å². The molecule has 0 bridgehead atoms. The van der Waals surface area contributed by atoms with Gasteiger partial charge in [-0.1, -0.05) is 13.8 Å². The van der Waals surface area contributed by atoms with Crippen molar-refractivity contribution >= 4 is 18.3 Å². The summed E-state index contributed by atoms with van der Waals surface area (Å²) in [6.07, 6.45) is 1.12. The molecular weight excluding hydrogens is 226 g/mol. The fraction of sp³-hybridized carbons (Fsp3) is 0.909. The molecule has 96 valence electrons. The minimum atomic E-state index is 0. The molecule has 0 spiro atoms. The van der Waals surface area contributed by atoms with E-state index in [0.29, 0.717) is 12.6 Å². The van der Waals surface area contributed by atoms with Crippen LogP contribution in [0.5, 0.6) is 0 Å². The van der Waals surface area contributed by atoms with Crippen LogP contribution in [0.2, 0.25) is 0 Å². The molecule has 16 heavy (non-hydrogen) atoms. The minimum absolute atomic E-state index is 0. The first-order valence-corrected chi connectivity index (χ1v) is 5.89. The van der Waals surface area contributed by atoms with Crippen LogP contribution in [0, 0.1) is 0 Å². The number of amides is 1. The Kier molecular flexibility index (Phi) is 7.72. The molecule has 1 unspecified atom stereocenters. The second kappa shape index (κ2) is 7.87. The molecule has 0 saturated carbocycles. The highest BCUT2D eigenvalue weighted by Crippen LogP contribution is 2.15. The summed E-state index contributed by atoms with van der Waals surface area (Å²) in [6.45, 7) is 8.81. The number of hydrogen-bond acceptors (Lipinski definition) is 3. The van der Waals surface area contributed by atoms with Gasteiger partial charge in [-0.25, -0.2) is 0 Å². The predicted molar refractivity (Wildman–Crippen MR) is 69.1 cm³/mol. The topological polar surface area (TPSA) is 35.6 Å². The van der Waals surface area contributed by atoms with Crippen LogP contribution in [0.3, 0.4) is 0 Å². The molecule has 0 aromatic heterocycles. The zero-order valence-electron chi connectivity index (χ0n) is 10.5. The molecule has 1 saturated heterocycles. The first-order valence-electron chi connectivity index (χ1n) is 5.89. The van der Waals surface area contributed by atoms with Gasteiger partial charge in [0.25, 0.3) is 0 Å². The van der Waals surface area contributed by atoms with Gasteiger partial charge in [-0.05, 0) is 26.6 Å². The number of carbonyl (C=O) groups excluding carboxylic acids is 1. The van der Waals surface area contributed by atoms with Crippen molar-refractivity contribution in [2.45, 2.75) is 26.3 Å². The maximum Gasteiger partial charge on any atom is 0.236 e. The Morgan fingerprint density at radius 2 is 2.06 bits per heavy atom. The first-order chi connectivity index (χ1) is 7.22. The molecular formula is C11H24ClN3O. The van der Waals surface area contributed by atoms with Crippen molar-refractivity contribution in [1.29, 1.82) is 0 Å². The summed E-state index contributed by atoms with van der Waals surface area (Å²) >= 11 is 0. The highest BCUT2D eigenvalue weighted by molar-refractivity contribution is 5.85. The molecule has 1 fully saturated rings. The van der Waals surface area contributed by atoms with Crippen molar-refractivity contribution in [2.24, 2.45) is 0 Å². The Morgan fingerprint density at radius 1 is 1.44 bits per heavy atom. The normalized spacial score (nSPS) is 20.0. The van der Waals surface area contributed by atoms with E-state index >= 15 is 0 Å². The standard InChI is InChI=1S/C11H23N3O.ClH/c1-4-13(5-2)10-6-7-14(9-10)11(15)8-12-3;/h10,12H,4-9H2,1-3H3;1H. The Balaban J connectivity index is 0.00000225. The molecule has 1 aliphatic rings. The second-order valence-corrected chi connectivity index (χ2v) is 4.03. The summed E-state index contributed by atoms with van der Waals surface area (Å²) in [7, 11) is 1.82. The van der Waals surface area contributed by atoms with Crippen LogP contribution in [0.15, 0.2) is 0 Å². The van der Waals surface area contributed by atoms with Gasteiger partial charge < -0.3 is 10.2 Å². The first kappa shape index (κ1) is 15.7. The van der Waals surface area contributed by atoms with Crippen molar-refractivity contribution in [2.75, 3.05) is 39.8 Å². The second-order valence-electron chi connectivity index (χ2n) is 4.03. The lowest BCUT2D eigenvalue weighted by Gasteiger charge is -2.26. The highest BCUT2D eigenvalue weighted by atomic mass is 35.5. The van der Waals surface area contributed by atoms with Crippen molar-refractivity contribution in [3.05, 3.63) is 0 Å². The molecule has 0 aliphatic carbocycles. The third kappa shape index (κ3) is 3.92. The average molecular weight is 250 g/mol. The van der Waals surface area contributed by atoms with E-state index in [2.05, 4.69) is 24.1 Å². The SMILES string of the molecule is CCN(CC)C1CCN(C(=O)CNC)C1.Cl. The molecule has 1 amide bonds. The van der Waals surface area contributed by atoms with E-state index in [-0.39, 0.29) is 18.3 Å². The lowest BCUT2D eigenvalue weighted by Crippen LogP contribution is -2.40. The third-order valence-corrected chi connectivity index (χ3v) is 3.17. The Hall–Kier alpha value is -0.320. The molecule has 0 radical (unpaired) electrons. The van der Waals surface area contributed by atoms with E-state index in [4.69, 9.17) is 0 Å². The van der Waals surface area contributed by atoms with Crippen LogP contribution in [0.4, 0.5) is 0 Å². The van der Waals surface area contributed by atoms with Gasteiger partial charge in [-0.15, -0.1) is 12.4 Å². The summed E-state index contributed by atoms with van der Waals surface area (Å²) in [5.41, 5.74) is 0. The lowest BCUT2D eigenvalue weighted by atomic mass is 10.2. The van der Waals surface area contributed by atoms with E-state index in [1.54, 1.807) is 0 Å². The zero-order valence-corrected chi connectivity index (χ0v) is 11.3. The molecule has 1 aliphatic heterocycles. The fourth-order valence-corrected chi connectivity index (χ4v) is 2.27. The van der Waals surface area contributed by atoms with Crippen molar-refractivity contribution in [1.82, 2.24) is 15.1 Å². The summed E-state index contributed by atoms with van der Waals surface area (Å²) < 4.78 is 0. The Morgan fingerprint density at radius 3 is 2.56 bits per heavy atom. The molecule has 0 aromatic rings. The number of likely N-dealkylation sites (tertiary alicyclic amines) is 1. The van der Waals surface area contributed by atoms with E-state index in [0.717, 1.165) is 32.6 Å². The van der Waals surface area contributed by atoms with Gasteiger partial charge in [-0.3, -0.25) is 9.69 Å². The third-order valence-electron chi connectivity index (χ3n) is 3.17. The number of likely N-dealkylation sites (N-methyl/N-ethyl adjacent to an activating group) is 2. The lowest BCUT2D eigenvalue weighted by molar-refractivity contribution is -0.129. The molecule has 1 heterocycles. The number of rotatable bonds is 5. The molecule has 4 nitrogen and oxygen atoms in total. The number of nitrogens with one attached hydrogen (secondary N) is 1. The quantitative estimate of drug-likeness (QED) is 0.774. The van der Waals surface area contributed by atoms with E-state index < -0.39 is 0 Å². The van der Waals surface area contributed by atoms with Gasteiger partial charge >= 0.3 is 0 Å². The molecule has 1 atom stereocenters. The maximum atomic E-state index is 11.6. The van der Waals surface area contributed by atoms with Crippen LogP contribution in [0.1, 0.15) is 20.3 Å². The Labute approximate surface area is 105 Å². The maximum absolute atomic E-state index is 11.6. The average Bonchev–Trinajstić information content (AvgIpc) is 2.69. The number of hydrogen-bond donors (Lipinski definition) is 1. The number of halogens is 1. The summed E-state index contributed by atoms with van der Waals surface area (Å²) in [5, 5.41) is 2.91. The summed E-state index contributed by atoms with van der Waals surface area (Å²) in [5.74, 6) is 0.229. The molecule has 0 aromatic carbocycles. The smallest absolute Gasteiger partial charge is 0.236 e. The van der Waals surface area contributed by atoms with Crippen LogP contribution in [-0.2, 0) is 4.79 Å². The number of carbonyl (C=O) groups is 1. The van der Waals surface area contributed by atoms with Gasteiger partial charge in [0.1, 0.15) is 0 Å². The largest absolute Gasteiger partial charge is 0.340 e. The van der Waals surface area contributed by atoms with Crippen LogP contribution >= 0.6 is 12.4 Å². The minimum Gasteiger partial charge on any atom is -0.340 e. The monoisotopic (exact) mass is 249 g/mol. The van der Waals surface area contributed by atoms with Gasteiger partial charge in [0, 0.05) is 19.1 Å². The van der Waals surface area contributed by atoms with Gasteiger partial charge in [0.05, 0.1) is 6.54 Å². The summed E-state index contributed by atoms with van der Waals surface area (Å²) in [6, 6.07) is 0.570. The predicted octanol–water partition coefficient (Wildman–Crippen LogP) is 0.570. The highest BCUT2D eigenvalue weighted by Gasteiger charge is 2.28. The van der Waals surface area contributed by atoms with Gasteiger partial charge in [0.2, 0.25) is 5.91 Å². The van der Waals surface area contributed by atoms with Gasteiger partial charge in [-0.2, -0.15) is 0 Å².